The third-order valence-electron chi connectivity index (χ3n) is 5.07. The summed E-state index contributed by atoms with van der Waals surface area (Å²) in [6, 6.07) is 7.75. The average Bonchev–Trinajstić information content (AvgIpc) is 3.19. The van der Waals surface area contributed by atoms with Crippen LogP contribution in [0.1, 0.15) is 79.8 Å². The van der Waals surface area contributed by atoms with Gasteiger partial charge in [-0.3, -0.25) is 9.59 Å². The van der Waals surface area contributed by atoms with E-state index in [0.29, 0.717) is 11.5 Å². The van der Waals surface area contributed by atoms with Crippen LogP contribution < -0.4 is 5.32 Å². The third-order valence-corrected chi connectivity index (χ3v) is 5.07. The highest BCUT2D eigenvalue weighted by molar-refractivity contribution is 5.94. The van der Waals surface area contributed by atoms with Crippen molar-refractivity contribution in [2.75, 3.05) is 0 Å². The Bertz CT molecular complexity index is 783. The molecule has 2 aromatic rings. The predicted molar refractivity (Wildman–Crippen MR) is 109 cm³/mol. The van der Waals surface area contributed by atoms with Crippen LogP contribution in [0.4, 0.5) is 0 Å². The van der Waals surface area contributed by atoms with Crippen molar-refractivity contribution >= 4 is 11.8 Å². The maximum atomic E-state index is 13.1. The van der Waals surface area contributed by atoms with E-state index >= 15 is 0 Å². The van der Waals surface area contributed by atoms with E-state index in [1.165, 1.54) is 11.8 Å². The van der Waals surface area contributed by atoms with Gasteiger partial charge in [0.2, 0.25) is 5.89 Å². The van der Waals surface area contributed by atoms with Crippen LogP contribution in [0.5, 0.6) is 0 Å². The number of nitrogens with zero attached hydrogens (tertiary/aromatic N) is 2. The number of aryl methyl sites for hydroxylation is 1. The van der Waals surface area contributed by atoms with E-state index in [1.54, 1.807) is 4.90 Å². The minimum atomic E-state index is -0.263. The highest BCUT2D eigenvalue weighted by atomic mass is 16.3. The van der Waals surface area contributed by atoms with Crippen LogP contribution in [0.3, 0.4) is 0 Å². The van der Waals surface area contributed by atoms with Crippen molar-refractivity contribution in [1.82, 2.24) is 15.2 Å². The van der Waals surface area contributed by atoms with Crippen LogP contribution in [0.2, 0.25) is 0 Å². The van der Waals surface area contributed by atoms with Gasteiger partial charge >= 0.3 is 0 Å². The zero-order chi connectivity index (χ0) is 20.7. The fourth-order valence-corrected chi connectivity index (χ4v) is 2.73. The van der Waals surface area contributed by atoms with Crippen LogP contribution in [0.25, 0.3) is 0 Å². The third kappa shape index (κ3) is 5.44. The van der Waals surface area contributed by atoms with E-state index in [1.807, 2.05) is 52.0 Å². The summed E-state index contributed by atoms with van der Waals surface area (Å²) in [4.78, 5) is 31.3. The molecule has 6 heteroatoms. The Labute approximate surface area is 167 Å². The molecule has 0 spiro atoms. The number of carbonyl (C=O) groups is 2. The Morgan fingerprint density at radius 2 is 1.79 bits per heavy atom. The van der Waals surface area contributed by atoms with Gasteiger partial charge < -0.3 is 14.6 Å². The van der Waals surface area contributed by atoms with Crippen LogP contribution in [0, 0.1) is 0 Å². The van der Waals surface area contributed by atoms with E-state index in [9.17, 15) is 9.59 Å². The first-order valence-electron chi connectivity index (χ1n) is 10.0. The van der Waals surface area contributed by atoms with Crippen molar-refractivity contribution in [3.05, 3.63) is 53.2 Å². The molecular weight excluding hydrogens is 354 g/mol. The fraction of sp³-hybridized carbons (Fsp3) is 0.500. The summed E-state index contributed by atoms with van der Waals surface area (Å²) in [5.74, 6) is 0.0230. The van der Waals surface area contributed by atoms with E-state index < -0.39 is 0 Å². The number of oxazole rings is 1. The molecule has 2 rings (SSSR count). The highest BCUT2D eigenvalue weighted by Crippen LogP contribution is 2.16. The Morgan fingerprint density at radius 1 is 1.11 bits per heavy atom. The molecule has 0 unspecified atom stereocenters. The molecule has 6 nitrogen and oxygen atoms in total. The molecular formula is C22H31N3O3. The molecule has 0 radical (unpaired) electrons. The van der Waals surface area contributed by atoms with Gasteiger partial charge in [-0.2, -0.15) is 0 Å². The first kappa shape index (κ1) is 21.7. The van der Waals surface area contributed by atoms with Crippen molar-refractivity contribution in [3.8, 4) is 0 Å². The van der Waals surface area contributed by atoms with E-state index in [0.717, 1.165) is 19.3 Å². The second-order valence-electron chi connectivity index (χ2n) is 7.15. The fourth-order valence-electron chi connectivity index (χ4n) is 2.73. The van der Waals surface area contributed by atoms with Crippen LogP contribution >= 0.6 is 0 Å². The molecule has 0 saturated carbocycles. The lowest BCUT2D eigenvalue weighted by Crippen LogP contribution is -2.38. The average molecular weight is 386 g/mol. The first-order chi connectivity index (χ1) is 13.4. The maximum absolute atomic E-state index is 13.1. The summed E-state index contributed by atoms with van der Waals surface area (Å²) in [6.45, 7) is 10.3. The van der Waals surface area contributed by atoms with E-state index in [2.05, 4.69) is 17.2 Å². The Hall–Kier alpha value is -2.63. The molecule has 0 fully saturated rings. The van der Waals surface area contributed by atoms with Crippen molar-refractivity contribution < 1.29 is 14.0 Å². The summed E-state index contributed by atoms with van der Waals surface area (Å²) in [5, 5.41) is 2.86. The molecule has 28 heavy (non-hydrogen) atoms. The van der Waals surface area contributed by atoms with E-state index in [4.69, 9.17) is 4.42 Å². The molecule has 1 heterocycles. The summed E-state index contributed by atoms with van der Waals surface area (Å²) in [7, 11) is 0. The van der Waals surface area contributed by atoms with Crippen molar-refractivity contribution in [1.29, 1.82) is 0 Å². The summed E-state index contributed by atoms with van der Waals surface area (Å²) < 4.78 is 5.48. The Morgan fingerprint density at radius 3 is 2.36 bits per heavy atom. The Kier molecular flexibility index (Phi) is 7.79. The molecule has 152 valence electrons. The molecule has 0 aliphatic carbocycles. The van der Waals surface area contributed by atoms with Gasteiger partial charge in [0, 0.05) is 17.6 Å². The number of amides is 2. The number of nitrogens with one attached hydrogen (secondary N) is 1. The van der Waals surface area contributed by atoms with Gasteiger partial charge in [-0.15, -0.1) is 0 Å². The molecule has 1 aromatic heterocycles. The van der Waals surface area contributed by atoms with Crippen molar-refractivity contribution in [2.24, 2.45) is 0 Å². The van der Waals surface area contributed by atoms with E-state index in [-0.39, 0.29) is 36.1 Å². The second-order valence-corrected chi connectivity index (χ2v) is 7.15. The molecule has 0 aliphatic rings. The lowest BCUT2D eigenvalue weighted by Gasteiger charge is -2.27. The molecule has 1 N–H and O–H groups in total. The largest absolute Gasteiger partial charge is 0.446 e. The Balaban J connectivity index is 2.16. The molecule has 0 bridgehead atoms. The zero-order valence-corrected chi connectivity index (χ0v) is 17.5. The molecule has 0 aliphatic heterocycles. The van der Waals surface area contributed by atoms with Crippen LogP contribution in [-0.4, -0.2) is 33.8 Å². The smallest absolute Gasteiger partial charge is 0.273 e. The summed E-state index contributed by atoms with van der Waals surface area (Å²) in [5.41, 5.74) is 2.06. The van der Waals surface area contributed by atoms with Gasteiger partial charge in [-0.1, -0.05) is 32.9 Å². The normalized spacial score (nSPS) is 13.0. The minimum Gasteiger partial charge on any atom is -0.446 e. The number of benzene rings is 1. The number of hydrogen-bond donors (Lipinski definition) is 1. The minimum absolute atomic E-state index is 0.0163. The number of aromatic nitrogens is 1. The van der Waals surface area contributed by atoms with Gasteiger partial charge in [0.1, 0.15) is 6.26 Å². The summed E-state index contributed by atoms with van der Waals surface area (Å²) >= 11 is 0. The van der Waals surface area contributed by atoms with Gasteiger partial charge in [-0.25, -0.2) is 4.98 Å². The van der Waals surface area contributed by atoms with Gasteiger partial charge in [0.05, 0.1) is 6.54 Å². The lowest BCUT2D eigenvalue weighted by molar-refractivity contribution is 0.0652. The molecule has 2 atom stereocenters. The van der Waals surface area contributed by atoms with Gasteiger partial charge in [0.25, 0.3) is 11.8 Å². The molecule has 1 aromatic carbocycles. The van der Waals surface area contributed by atoms with Crippen LogP contribution in [-0.2, 0) is 13.0 Å². The molecule has 2 amide bonds. The number of carbonyl (C=O) groups excluding carboxylic acids is 2. The maximum Gasteiger partial charge on any atom is 0.273 e. The van der Waals surface area contributed by atoms with Crippen molar-refractivity contribution in [2.45, 2.75) is 72.5 Å². The molecule has 0 saturated heterocycles. The van der Waals surface area contributed by atoms with Gasteiger partial charge in [-0.05, 0) is 50.8 Å². The second kappa shape index (κ2) is 10.1. The van der Waals surface area contributed by atoms with Crippen LogP contribution in [0.15, 0.2) is 34.9 Å². The predicted octanol–water partition coefficient (Wildman–Crippen LogP) is 4.21. The number of rotatable bonds is 9. The zero-order valence-electron chi connectivity index (χ0n) is 17.5. The van der Waals surface area contributed by atoms with Gasteiger partial charge in [0.15, 0.2) is 5.69 Å². The quantitative estimate of drug-likeness (QED) is 0.702. The highest BCUT2D eigenvalue weighted by Gasteiger charge is 2.23. The standard InChI is InChI=1S/C22H31N3O3/c1-6-15(4)23-21(26)19-14-28-20(24-19)13-25(16(5)7-2)22(27)18-11-9-17(8-3)10-12-18/h9-12,14-16H,6-8,13H2,1-5H3,(H,23,26)/t15-,16-/m1/s1. The van der Waals surface area contributed by atoms with Crippen molar-refractivity contribution in [3.63, 3.8) is 0 Å². The number of hydrogen-bond acceptors (Lipinski definition) is 4. The topological polar surface area (TPSA) is 75.4 Å². The lowest BCUT2D eigenvalue weighted by atomic mass is 10.1. The summed E-state index contributed by atoms with van der Waals surface area (Å²) in [6.07, 6.45) is 3.92. The monoisotopic (exact) mass is 385 g/mol. The first-order valence-corrected chi connectivity index (χ1v) is 10.0. The SMILES string of the molecule is CCc1ccc(C(=O)N(Cc2nc(C(=O)N[C@H](C)CC)co2)[C@H](C)CC)cc1.